The molecule has 3 rings (SSSR count). The van der Waals surface area contributed by atoms with Crippen molar-refractivity contribution in [1.29, 1.82) is 0 Å². The van der Waals surface area contributed by atoms with Gasteiger partial charge >= 0.3 is 6.18 Å². The number of nitrogens with one attached hydrogen (secondary N) is 2. The molecule has 2 aromatic rings. The first-order valence-corrected chi connectivity index (χ1v) is 7.81. The average Bonchev–Trinajstić information content (AvgIpc) is 2.96. The van der Waals surface area contributed by atoms with Gasteiger partial charge in [-0.2, -0.15) is 23.3 Å². The van der Waals surface area contributed by atoms with Crippen molar-refractivity contribution in [2.75, 3.05) is 18.4 Å². The lowest BCUT2D eigenvalue weighted by atomic mass is 9.98. The average molecular weight is 391 g/mol. The Morgan fingerprint density at radius 1 is 1.31 bits per heavy atom. The van der Waals surface area contributed by atoms with Crippen molar-refractivity contribution in [3.8, 4) is 0 Å². The van der Waals surface area contributed by atoms with Crippen molar-refractivity contribution in [1.82, 2.24) is 25.1 Å². The molecule has 1 aliphatic rings. The normalized spacial score (nSPS) is 15.4. The fourth-order valence-corrected chi connectivity index (χ4v) is 2.64. The number of hydrogen-bond donors (Lipinski definition) is 2. The maximum atomic E-state index is 12.5. The number of piperidine rings is 1. The van der Waals surface area contributed by atoms with Crippen LogP contribution in [0.3, 0.4) is 0 Å². The number of rotatable bonds is 3. The van der Waals surface area contributed by atoms with E-state index in [0.29, 0.717) is 5.82 Å². The van der Waals surface area contributed by atoms with Crippen LogP contribution in [0.2, 0.25) is 0 Å². The molecule has 11 heteroatoms. The third-order valence-electron chi connectivity index (χ3n) is 4.03. The van der Waals surface area contributed by atoms with Crippen molar-refractivity contribution in [3.05, 3.63) is 35.4 Å². The zero-order chi connectivity index (χ0) is 18.0. The molecule has 0 aromatic carbocycles. The minimum absolute atomic E-state index is 0. The van der Waals surface area contributed by atoms with E-state index in [1.807, 2.05) is 0 Å². The van der Waals surface area contributed by atoms with Crippen molar-refractivity contribution in [2.45, 2.75) is 24.9 Å². The fraction of sp³-hybridized carbons (Fsp3) is 0.467. The van der Waals surface area contributed by atoms with Crippen LogP contribution in [0.1, 0.15) is 40.6 Å². The van der Waals surface area contributed by atoms with Gasteiger partial charge in [-0.1, -0.05) is 0 Å². The number of halogens is 4. The minimum Gasteiger partial charge on any atom is -0.317 e. The lowest BCUT2D eigenvalue weighted by molar-refractivity contribution is -0.141. The van der Waals surface area contributed by atoms with Crippen LogP contribution in [0, 0.1) is 0 Å². The zero-order valence-corrected chi connectivity index (χ0v) is 14.7. The first-order valence-electron chi connectivity index (χ1n) is 7.81. The molecule has 0 bridgehead atoms. The van der Waals surface area contributed by atoms with E-state index in [9.17, 15) is 18.0 Å². The van der Waals surface area contributed by atoms with Gasteiger partial charge in [-0.15, -0.1) is 12.4 Å². The number of hydrogen-bond acceptors (Lipinski definition) is 5. The summed E-state index contributed by atoms with van der Waals surface area (Å²) in [5.74, 6) is 0.544. The van der Waals surface area contributed by atoms with Gasteiger partial charge in [0.05, 0.1) is 5.56 Å². The standard InChI is InChI=1S/C15H17F3N6O.ClH/c1-24-14(21-12(23-24)9-4-6-19-7-5-9)22-13(25)10-2-3-11(20-8-10)15(16,17)18;/h2-3,8-9,19H,4-7H2,1H3,(H,21,22,23,25);1H. The van der Waals surface area contributed by atoms with Gasteiger partial charge in [0.25, 0.3) is 5.91 Å². The number of carbonyl (C=O) groups is 1. The second kappa shape index (κ2) is 8.00. The number of alkyl halides is 3. The summed E-state index contributed by atoms with van der Waals surface area (Å²) in [6, 6.07) is 1.85. The number of aryl methyl sites for hydroxylation is 1. The molecule has 3 heterocycles. The Morgan fingerprint density at radius 2 is 2.00 bits per heavy atom. The maximum Gasteiger partial charge on any atom is 0.433 e. The van der Waals surface area contributed by atoms with Crippen LogP contribution in [0.25, 0.3) is 0 Å². The van der Waals surface area contributed by atoms with E-state index in [1.54, 1.807) is 7.05 Å². The van der Waals surface area contributed by atoms with Gasteiger partial charge in [0.2, 0.25) is 5.95 Å². The molecule has 0 radical (unpaired) electrons. The van der Waals surface area contributed by atoms with Gasteiger partial charge in [0.1, 0.15) is 5.69 Å². The Kier molecular flexibility index (Phi) is 6.19. The summed E-state index contributed by atoms with van der Waals surface area (Å²) in [5, 5.41) is 10.1. The molecule has 0 unspecified atom stereocenters. The summed E-state index contributed by atoms with van der Waals surface area (Å²) >= 11 is 0. The van der Waals surface area contributed by atoms with Crippen LogP contribution in [0.4, 0.5) is 19.1 Å². The van der Waals surface area contributed by atoms with Gasteiger partial charge in [-0.3, -0.25) is 15.1 Å². The summed E-state index contributed by atoms with van der Waals surface area (Å²) < 4.78 is 39.0. The van der Waals surface area contributed by atoms with Crippen LogP contribution >= 0.6 is 12.4 Å². The third-order valence-corrected chi connectivity index (χ3v) is 4.03. The lowest BCUT2D eigenvalue weighted by Gasteiger charge is -2.19. The van der Waals surface area contributed by atoms with Crippen LogP contribution in [-0.4, -0.2) is 38.7 Å². The van der Waals surface area contributed by atoms with Crippen LogP contribution < -0.4 is 10.6 Å². The summed E-state index contributed by atoms with van der Waals surface area (Å²) in [5.41, 5.74) is -1.03. The first kappa shape index (κ1) is 20.1. The summed E-state index contributed by atoms with van der Waals surface area (Å²) in [4.78, 5) is 19.8. The topological polar surface area (TPSA) is 84.7 Å². The molecule has 1 aliphatic heterocycles. The highest BCUT2D eigenvalue weighted by atomic mass is 35.5. The molecule has 142 valence electrons. The van der Waals surface area contributed by atoms with Crippen molar-refractivity contribution >= 4 is 24.3 Å². The first-order chi connectivity index (χ1) is 11.8. The largest absolute Gasteiger partial charge is 0.433 e. The molecule has 0 atom stereocenters. The summed E-state index contributed by atoms with van der Waals surface area (Å²) in [6.45, 7) is 1.78. The van der Waals surface area contributed by atoms with Gasteiger partial charge in [0.15, 0.2) is 5.82 Å². The molecule has 0 saturated carbocycles. The SMILES string of the molecule is Cl.Cn1nc(C2CCNCC2)nc1NC(=O)c1ccc(C(F)(F)F)nc1. The Balaban J connectivity index is 0.00000243. The van der Waals surface area contributed by atoms with E-state index in [2.05, 4.69) is 25.7 Å². The number of aromatic nitrogens is 4. The van der Waals surface area contributed by atoms with Crippen LogP contribution in [-0.2, 0) is 13.2 Å². The number of anilines is 1. The van der Waals surface area contributed by atoms with Gasteiger partial charge in [0, 0.05) is 19.2 Å². The van der Waals surface area contributed by atoms with Gasteiger partial charge in [-0.25, -0.2) is 4.68 Å². The summed E-state index contributed by atoms with van der Waals surface area (Å²) in [6.07, 6.45) is -1.81. The Bertz CT molecular complexity index is 756. The van der Waals surface area contributed by atoms with E-state index in [4.69, 9.17) is 0 Å². The molecule has 7 nitrogen and oxygen atoms in total. The third kappa shape index (κ3) is 4.50. The van der Waals surface area contributed by atoms with Crippen LogP contribution in [0.15, 0.2) is 18.3 Å². The smallest absolute Gasteiger partial charge is 0.317 e. The number of amides is 1. The van der Waals surface area contributed by atoms with Crippen LogP contribution in [0.5, 0.6) is 0 Å². The van der Waals surface area contributed by atoms with Crippen molar-refractivity contribution in [3.63, 3.8) is 0 Å². The van der Waals surface area contributed by atoms with Gasteiger partial charge < -0.3 is 5.32 Å². The van der Waals surface area contributed by atoms with Gasteiger partial charge in [-0.05, 0) is 38.1 Å². The number of carbonyl (C=O) groups excluding carboxylic acids is 1. The molecule has 26 heavy (non-hydrogen) atoms. The highest BCUT2D eigenvalue weighted by molar-refractivity contribution is 6.03. The molecule has 1 saturated heterocycles. The zero-order valence-electron chi connectivity index (χ0n) is 13.9. The Hall–Kier alpha value is -2.20. The Labute approximate surface area is 153 Å². The maximum absolute atomic E-state index is 12.5. The van der Waals surface area contributed by atoms with E-state index < -0.39 is 17.8 Å². The molecule has 0 spiro atoms. The minimum atomic E-state index is -4.54. The Morgan fingerprint density at radius 3 is 2.58 bits per heavy atom. The van der Waals surface area contributed by atoms with E-state index >= 15 is 0 Å². The van der Waals surface area contributed by atoms with Crippen molar-refractivity contribution < 1.29 is 18.0 Å². The predicted octanol–water partition coefficient (Wildman–Crippen LogP) is 2.37. The quantitative estimate of drug-likeness (QED) is 0.840. The second-order valence-corrected chi connectivity index (χ2v) is 5.83. The highest BCUT2D eigenvalue weighted by Crippen LogP contribution is 2.27. The van der Waals surface area contributed by atoms with E-state index in [1.165, 1.54) is 4.68 Å². The van der Waals surface area contributed by atoms with E-state index in [0.717, 1.165) is 44.3 Å². The fourth-order valence-electron chi connectivity index (χ4n) is 2.64. The molecule has 2 aromatic heterocycles. The molecule has 1 amide bonds. The predicted molar refractivity (Wildman–Crippen MR) is 90.3 cm³/mol. The van der Waals surface area contributed by atoms with E-state index in [-0.39, 0.29) is 29.8 Å². The molecular weight excluding hydrogens is 373 g/mol. The number of pyridine rings is 1. The molecular formula is C15H18ClF3N6O. The molecule has 1 fully saturated rings. The monoisotopic (exact) mass is 390 g/mol. The highest BCUT2D eigenvalue weighted by Gasteiger charge is 2.32. The molecule has 2 N–H and O–H groups in total. The van der Waals surface area contributed by atoms with Crippen molar-refractivity contribution in [2.24, 2.45) is 7.05 Å². The lowest BCUT2D eigenvalue weighted by Crippen LogP contribution is -2.27. The summed E-state index contributed by atoms with van der Waals surface area (Å²) in [7, 11) is 1.65. The number of nitrogens with zero attached hydrogens (tertiary/aromatic N) is 4. The second-order valence-electron chi connectivity index (χ2n) is 5.83. The molecule has 0 aliphatic carbocycles.